The topological polar surface area (TPSA) is 55.4 Å². The lowest BCUT2D eigenvalue weighted by Crippen LogP contribution is -2.15. The highest BCUT2D eigenvalue weighted by Crippen LogP contribution is 2.19. The molecule has 2 aromatic carbocycles. The molecule has 4 nitrogen and oxygen atoms in total. The summed E-state index contributed by atoms with van der Waals surface area (Å²) in [6.07, 6.45) is 0. The summed E-state index contributed by atoms with van der Waals surface area (Å²) in [6.45, 7) is 1.79. The highest BCUT2D eigenvalue weighted by molar-refractivity contribution is 6.05. The number of halogens is 1. The van der Waals surface area contributed by atoms with E-state index in [1.54, 1.807) is 37.3 Å². The molecule has 0 atom stereocenters. The van der Waals surface area contributed by atoms with Crippen LogP contribution in [0.15, 0.2) is 48.5 Å². The first kappa shape index (κ1) is 14.7. The number of carbonyl (C=O) groups is 2. The Bertz CT molecular complexity index is 656. The van der Waals surface area contributed by atoms with Crippen molar-refractivity contribution < 1.29 is 18.7 Å². The van der Waals surface area contributed by atoms with E-state index in [1.165, 1.54) is 18.2 Å². The van der Waals surface area contributed by atoms with Crippen molar-refractivity contribution in [2.45, 2.75) is 6.92 Å². The van der Waals surface area contributed by atoms with Crippen LogP contribution in [0, 0.1) is 5.82 Å². The molecule has 0 aliphatic rings. The van der Waals surface area contributed by atoms with Crippen LogP contribution in [0.25, 0.3) is 0 Å². The molecule has 0 radical (unpaired) electrons. The number of carbonyl (C=O) groups excluding carboxylic acids is 2. The van der Waals surface area contributed by atoms with Gasteiger partial charge in [-0.05, 0) is 31.2 Å². The molecule has 0 bridgehead atoms. The van der Waals surface area contributed by atoms with E-state index in [0.717, 1.165) is 0 Å². The Morgan fingerprint density at radius 1 is 1.10 bits per heavy atom. The monoisotopic (exact) mass is 287 g/mol. The van der Waals surface area contributed by atoms with Gasteiger partial charge in [0.25, 0.3) is 5.91 Å². The second-order valence-corrected chi connectivity index (χ2v) is 4.21. The zero-order valence-electron chi connectivity index (χ0n) is 11.4. The third-order valence-corrected chi connectivity index (χ3v) is 2.78. The third-order valence-electron chi connectivity index (χ3n) is 2.78. The molecule has 1 amide bonds. The molecule has 1 N–H and O–H groups in total. The van der Waals surface area contributed by atoms with Gasteiger partial charge in [0.1, 0.15) is 0 Å². The van der Waals surface area contributed by atoms with Crippen LogP contribution >= 0.6 is 0 Å². The van der Waals surface area contributed by atoms with Gasteiger partial charge in [0, 0.05) is 5.56 Å². The molecular weight excluding hydrogens is 273 g/mol. The SMILES string of the molecule is CCOC(=O)c1cccc(NC(=O)c2ccccc2)c1F. The Morgan fingerprint density at radius 2 is 1.81 bits per heavy atom. The van der Waals surface area contributed by atoms with E-state index in [1.807, 2.05) is 0 Å². The second-order valence-electron chi connectivity index (χ2n) is 4.21. The molecule has 0 saturated heterocycles. The Labute approximate surface area is 121 Å². The number of hydrogen-bond donors (Lipinski definition) is 1. The van der Waals surface area contributed by atoms with Crippen molar-refractivity contribution in [2.75, 3.05) is 11.9 Å². The largest absolute Gasteiger partial charge is 0.462 e. The smallest absolute Gasteiger partial charge is 0.341 e. The molecular formula is C16H14FNO3. The van der Waals surface area contributed by atoms with Gasteiger partial charge in [0.05, 0.1) is 17.9 Å². The van der Waals surface area contributed by atoms with Crippen LogP contribution in [0.4, 0.5) is 10.1 Å². The number of esters is 1. The van der Waals surface area contributed by atoms with Crippen LogP contribution < -0.4 is 5.32 Å². The lowest BCUT2D eigenvalue weighted by Gasteiger charge is -2.09. The van der Waals surface area contributed by atoms with E-state index in [9.17, 15) is 14.0 Å². The summed E-state index contributed by atoms with van der Waals surface area (Å²) in [5.74, 6) is -2.01. The summed E-state index contributed by atoms with van der Waals surface area (Å²) in [4.78, 5) is 23.6. The van der Waals surface area contributed by atoms with Gasteiger partial charge in [-0.15, -0.1) is 0 Å². The number of hydrogen-bond acceptors (Lipinski definition) is 3. The molecule has 2 rings (SSSR count). The lowest BCUT2D eigenvalue weighted by molar-refractivity contribution is 0.0521. The fraction of sp³-hybridized carbons (Fsp3) is 0.125. The van der Waals surface area contributed by atoms with E-state index in [-0.39, 0.29) is 17.9 Å². The van der Waals surface area contributed by atoms with Gasteiger partial charge in [0.15, 0.2) is 5.82 Å². The molecule has 0 fully saturated rings. The number of rotatable bonds is 4. The summed E-state index contributed by atoms with van der Waals surface area (Å²) in [6, 6.07) is 12.6. The van der Waals surface area contributed by atoms with Gasteiger partial charge in [0.2, 0.25) is 0 Å². The van der Waals surface area contributed by atoms with Gasteiger partial charge in [-0.1, -0.05) is 24.3 Å². The summed E-state index contributed by atoms with van der Waals surface area (Å²) in [5, 5.41) is 2.44. The maximum absolute atomic E-state index is 14.2. The van der Waals surface area contributed by atoms with Crippen LogP contribution in [0.2, 0.25) is 0 Å². The van der Waals surface area contributed by atoms with Crippen LogP contribution in [0.5, 0.6) is 0 Å². The molecule has 0 saturated carbocycles. The normalized spacial score (nSPS) is 10.0. The van der Waals surface area contributed by atoms with Crippen LogP contribution in [0.1, 0.15) is 27.6 Å². The Balaban J connectivity index is 2.23. The number of anilines is 1. The average molecular weight is 287 g/mol. The standard InChI is InChI=1S/C16H14FNO3/c1-2-21-16(20)12-9-6-10-13(14(12)17)18-15(19)11-7-4-3-5-8-11/h3-10H,2H2,1H3,(H,18,19). The summed E-state index contributed by atoms with van der Waals surface area (Å²) >= 11 is 0. The van der Waals surface area contributed by atoms with Crippen LogP contribution in [-0.2, 0) is 4.74 Å². The summed E-state index contributed by atoms with van der Waals surface area (Å²) in [7, 11) is 0. The van der Waals surface area contributed by atoms with E-state index in [0.29, 0.717) is 5.56 Å². The molecule has 108 valence electrons. The maximum atomic E-state index is 14.2. The number of ether oxygens (including phenoxy) is 1. The minimum atomic E-state index is -0.805. The summed E-state index contributed by atoms with van der Waals surface area (Å²) in [5.41, 5.74) is 0.135. The highest BCUT2D eigenvalue weighted by Gasteiger charge is 2.17. The van der Waals surface area contributed by atoms with E-state index in [4.69, 9.17) is 4.74 Å². The van der Waals surface area contributed by atoms with Crippen molar-refractivity contribution in [3.05, 3.63) is 65.5 Å². The van der Waals surface area contributed by atoms with Crippen molar-refractivity contribution >= 4 is 17.6 Å². The fourth-order valence-corrected chi connectivity index (χ4v) is 1.78. The zero-order chi connectivity index (χ0) is 15.2. The first-order valence-corrected chi connectivity index (χ1v) is 6.45. The van der Waals surface area contributed by atoms with Gasteiger partial charge in [-0.3, -0.25) is 4.79 Å². The molecule has 0 aromatic heterocycles. The Kier molecular flexibility index (Phi) is 4.66. The number of nitrogens with one attached hydrogen (secondary N) is 1. The molecule has 0 heterocycles. The van der Waals surface area contributed by atoms with Crippen molar-refractivity contribution in [2.24, 2.45) is 0 Å². The molecule has 0 unspecified atom stereocenters. The molecule has 2 aromatic rings. The van der Waals surface area contributed by atoms with Crippen molar-refractivity contribution in [1.82, 2.24) is 0 Å². The minimum Gasteiger partial charge on any atom is -0.462 e. The second kappa shape index (κ2) is 6.65. The van der Waals surface area contributed by atoms with E-state index in [2.05, 4.69) is 5.32 Å². The lowest BCUT2D eigenvalue weighted by atomic mass is 10.1. The quantitative estimate of drug-likeness (QED) is 0.878. The molecule has 21 heavy (non-hydrogen) atoms. The maximum Gasteiger partial charge on any atom is 0.341 e. The number of benzene rings is 2. The predicted molar refractivity (Wildman–Crippen MR) is 76.8 cm³/mol. The van der Waals surface area contributed by atoms with E-state index >= 15 is 0 Å². The first-order chi connectivity index (χ1) is 10.1. The molecule has 0 spiro atoms. The predicted octanol–water partition coefficient (Wildman–Crippen LogP) is 3.25. The van der Waals surface area contributed by atoms with Gasteiger partial charge < -0.3 is 10.1 Å². The van der Waals surface area contributed by atoms with Crippen LogP contribution in [0.3, 0.4) is 0 Å². The highest BCUT2D eigenvalue weighted by atomic mass is 19.1. The Morgan fingerprint density at radius 3 is 2.48 bits per heavy atom. The first-order valence-electron chi connectivity index (χ1n) is 6.45. The van der Waals surface area contributed by atoms with Gasteiger partial charge in [-0.2, -0.15) is 0 Å². The molecule has 0 aliphatic carbocycles. The third kappa shape index (κ3) is 3.45. The Hall–Kier alpha value is -2.69. The molecule has 0 aliphatic heterocycles. The van der Waals surface area contributed by atoms with Crippen LogP contribution in [-0.4, -0.2) is 18.5 Å². The van der Waals surface area contributed by atoms with E-state index < -0.39 is 17.7 Å². The van der Waals surface area contributed by atoms with Gasteiger partial charge in [-0.25, -0.2) is 9.18 Å². The minimum absolute atomic E-state index is 0.0607. The number of amides is 1. The average Bonchev–Trinajstić information content (AvgIpc) is 2.50. The van der Waals surface area contributed by atoms with Gasteiger partial charge >= 0.3 is 5.97 Å². The molecule has 5 heteroatoms. The summed E-state index contributed by atoms with van der Waals surface area (Å²) < 4.78 is 19.0. The van der Waals surface area contributed by atoms with Crippen molar-refractivity contribution in [3.63, 3.8) is 0 Å². The zero-order valence-corrected chi connectivity index (χ0v) is 11.4. The fourth-order valence-electron chi connectivity index (χ4n) is 1.78. The van der Waals surface area contributed by atoms with Crippen molar-refractivity contribution in [3.8, 4) is 0 Å². The van der Waals surface area contributed by atoms with Crippen molar-refractivity contribution in [1.29, 1.82) is 0 Å².